The van der Waals surface area contributed by atoms with E-state index in [1.807, 2.05) is 0 Å². The fourth-order valence-corrected chi connectivity index (χ4v) is 4.75. The Morgan fingerprint density at radius 1 is 1.17 bits per heavy atom. The van der Waals surface area contributed by atoms with Gasteiger partial charge < -0.3 is 10.6 Å². The Morgan fingerprint density at radius 2 is 1.93 bits per heavy atom. The summed E-state index contributed by atoms with van der Waals surface area (Å²) in [6, 6.07) is 7.54. The van der Waals surface area contributed by atoms with Crippen molar-refractivity contribution in [2.45, 2.75) is 72.3 Å². The van der Waals surface area contributed by atoms with Gasteiger partial charge in [-0.3, -0.25) is 0 Å². The lowest BCUT2D eigenvalue weighted by molar-refractivity contribution is 0.492. The van der Waals surface area contributed by atoms with Crippen LogP contribution in [0, 0.1) is 6.92 Å². The Morgan fingerprint density at radius 3 is 2.59 bits per heavy atom. The van der Waals surface area contributed by atoms with Gasteiger partial charge in [-0.2, -0.15) is 0 Å². The number of aryl methyl sites for hydroxylation is 1. The van der Waals surface area contributed by atoms with E-state index in [4.69, 9.17) is 0 Å². The Balaban J connectivity index is 1.86. The van der Waals surface area contributed by atoms with Gasteiger partial charge in [0.1, 0.15) is 0 Å². The van der Waals surface area contributed by atoms with Gasteiger partial charge in [-0.1, -0.05) is 84.1 Å². The van der Waals surface area contributed by atoms with Crippen LogP contribution in [0.25, 0.3) is 0 Å². The van der Waals surface area contributed by atoms with Crippen LogP contribution < -0.4 is 10.6 Å². The molecule has 29 heavy (non-hydrogen) atoms. The molecule has 2 N–H and O–H groups in total. The van der Waals surface area contributed by atoms with Gasteiger partial charge in [0, 0.05) is 18.3 Å². The fourth-order valence-electron chi connectivity index (χ4n) is 3.71. The summed E-state index contributed by atoms with van der Waals surface area (Å²) in [4.78, 5) is 0. The van der Waals surface area contributed by atoms with Gasteiger partial charge in [0.15, 0.2) is 0 Å². The first-order valence-corrected chi connectivity index (χ1v) is 12.4. The van der Waals surface area contributed by atoms with Crippen molar-refractivity contribution in [2.24, 2.45) is 0 Å². The lowest BCUT2D eigenvalue weighted by Gasteiger charge is -2.26. The Labute approximate surface area is 181 Å². The standard InChI is InChI=1S/C26H41N2P/c1-8-25(22-13-19(3)15-24(16-22)26(6,7)9-2)28-12-10-11-27-21(5)23-14-20(4)17-29-18-23/h13-17,25,27-29H,5,8-12,18H2,1-4,6-7H3. The highest BCUT2D eigenvalue weighted by atomic mass is 31.1. The van der Waals surface area contributed by atoms with Crippen molar-refractivity contribution in [2.75, 3.05) is 19.3 Å². The molecule has 0 aliphatic carbocycles. The third-order valence-electron chi connectivity index (χ3n) is 6.07. The summed E-state index contributed by atoms with van der Waals surface area (Å²) in [6.07, 6.45) is 6.75. The number of rotatable bonds is 11. The molecule has 1 aliphatic rings. The largest absolute Gasteiger partial charge is 0.385 e. The summed E-state index contributed by atoms with van der Waals surface area (Å²) in [7, 11) is 0.891. The van der Waals surface area contributed by atoms with Crippen LogP contribution in [0.2, 0.25) is 0 Å². The molecule has 0 bridgehead atoms. The molecule has 0 fully saturated rings. The summed E-state index contributed by atoms with van der Waals surface area (Å²) in [5.41, 5.74) is 8.31. The smallest absolute Gasteiger partial charge is 0.0317 e. The highest BCUT2D eigenvalue weighted by Gasteiger charge is 2.20. The van der Waals surface area contributed by atoms with Crippen LogP contribution in [-0.4, -0.2) is 19.3 Å². The molecule has 2 rings (SSSR count). The summed E-state index contributed by atoms with van der Waals surface area (Å²) in [5.74, 6) is 2.32. The normalized spacial score (nSPS) is 16.3. The second-order valence-electron chi connectivity index (χ2n) is 8.98. The maximum absolute atomic E-state index is 4.24. The minimum absolute atomic E-state index is 0.227. The van der Waals surface area contributed by atoms with E-state index in [1.54, 1.807) is 0 Å². The van der Waals surface area contributed by atoms with Gasteiger partial charge in [0.25, 0.3) is 0 Å². The Bertz CT molecular complexity index is 758. The first-order chi connectivity index (χ1) is 13.8. The molecule has 0 amide bonds. The van der Waals surface area contributed by atoms with Crippen molar-refractivity contribution >= 4 is 8.58 Å². The maximum Gasteiger partial charge on any atom is 0.0317 e. The van der Waals surface area contributed by atoms with E-state index in [0.717, 1.165) is 52.8 Å². The van der Waals surface area contributed by atoms with Crippen LogP contribution >= 0.6 is 8.58 Å². The number of nitrogens with one attached hydrogen (secondary N) is 2. The van der Waals surface area contributed by atoms with Crippen molar-refractivity contribution in [1.29, 1.82) is 0 Å². The Kier molecular flexibility index (Phi) is 9.18. The zero-order valence-electron chi connectivity index (χ0n) is 19.4. The van der Waals surface area contributed by atoms with Gasteiger partial charge in [0.05, 0.1) is 0 Å². The molecule has 160 valence electrons. The van der Waals surface area contributed by atoms with E-state index in [1.165, 1.54) is 27.8 Å². The number of hydrogen-bond acceptors (Lipinski definition) is 2. The summed E-state index contributed by atoms with van der Waals surface area (Å²) in [6.45, 7) is 19.9. The van der Waals surface area contributed by atoms with Crippen LogP contribution in [0.5, 0.6) is 0 Å². The molecule has 2 atom stereocenters. The molecule has 0 saturated heterocycles. The summed E-state index contributed by atoms with van der Waals surface area (Å²) < 4.78 is 0. The average Bonchev–Trinajstić information content (AvgIpc) is 2.70. The molecular weight excluding hydrogens is 371 g/mol. The van der Waals surface area contributed by atoms with Gasteiger partial charge in [-0.15, -0.1) is 0 Å². The molecule has 1 aromatic rings. The molecule has 3 heteroatoms. The number of benzene rings is 1. The van der Waals surface area contributed by atoms with E-state index in [2.05, 4.69) is 88.8 Å². The summed E-state index contributed by atoms with van der Waals surface area (Å²) >= 11 is 0. The van der Waals surface area contributed by atoms with Gasteiger partial charge in [-0.25, -0.2) is 0 Å². The minimum Gasteiger partial charge on any atom is -0.385 e. The Hall–Kier alpha value is -1.37. The molecule has 1 heterocycles. The third-order valence-corrected chi connectivity index (χ3v) is 7.31. The van der Waals surface area contributed by atoms with Crippen LogP contribution in [-0.2, 0) is 5.41 Å². The van der Waals surface area contributed by atoms with Gasteiger partial charge in [0.2, 0.25) is 0 Å². The van der Waals surface area contributed by atoms with Crippen molar-refractivity contribution in [3.8, 4) is 0 Å². The van der Waals surface area contributed by atoms with Gasteiger partial charge in [-0.05, 0) is 67.9 Å². The highest BCUT2D eigenvalue weighted by Crippen LogP contribution is 2.31. The SMILES string of the molecule is C=C(NCCCNC(CC)c1cc(C)cc(C(C)(C)CC)c1)C1=CC(C)=CPC1. The highest BCUT2D eigenvalue weighted by molar-refractivity contribution is 7.42. The topological polar surface area (TPSA) is 24.1 Å². The first kappa shape index (κ1) is 23.9. The van der Waals surface area contributed by atoms with Crippen molar-refractivity contribution < 1.29 is 0 Å². The third kappa shape index (κ3) is 7.12. The molecule has 0 radical (unpaired) electrons. The first-order valence-electron chi connectivity index (χ1n) is 11.2. The van der Waals surface area contributed by atoms with Crippen molar-refractivity contribution in [3.05, 3.63) is 70.2 Å². The van der Waals surface area contributed by atoms with Crippen molar-refractivity contribution in [3.63, 3.8) is 0 Å². The second-order valence-corrected chi connectivity index (χ2v) is 10.0. The van der Waals surface area contributed by atoms with Crippen molar-refractivity contribution in [1.82, 2.24) is 10.6 Å². The van der Waals surface area contributed by atoms with Gasteiger partial charge >= 0.3 is 0 Å². The average molecular weight is 413 g/mol. The molecular formula is C26H41N2P. The molecule has 0 saturated carbocycles. The quantitative estimate of drug-likeness (QED) is 0.311. The van der Waals surface area contributed by atoms with Crippen LogP contribution in [0.1, 0.15) is 76.6 Å². The zero-order chi connectivity index (χ0) is 21.4. The number of allylic oxidation sites excluding steroid dienone is 3. The van der Waals surface area contributed by atoms with E-state index < -0.39 is 0 Å². The number of hydrogen-bond donors (Lipinski definition) is 2. The van der Waals surface area contributed by atoms with E-state index in [0.29, 0.717) is 6.04 Å². The maximum atomic E-state index is 4.24. The summed E-state index contributed by atoms with van der Waals surface area (Å²) in [5, 5.41) is 7.30. The zero-order valence-corrected chi connectivity index (χ0v) is 20.4. The molecule has 1 aliphatic heterocycles. The molecule has 2 nitrogen and oxygen atoms in total. The van der Waals surface area contributed by atoms with Crippen LogP contribution in [0.3, 0.4) is 0 Å². The second kappa shape index (κ2) is 11.1. The monoisotopic (exact) mass is 412 g/mol. The van der Waals surface area contributed by atoms with Crippen LogP contribution in [0.15, 0.2) is 53.5 Å². The lowest BCUT2D eigenvalue weighted by Crippen LogP contribution is -2.26. The molecule has 0 spiro atoms. The predicted octanol–water partition coefficient (Wildman–Crippen LogP) is 6.74. The molecule has 1 aromatic carbocycles. The minimum atomic E-state index is 0.227. The van der Waals surface area contributed by atoms with E-state index in [9.17, 15) is 0 Å². The lowest BCUT2D eigenvalue weighted by atomic mass is 9.80. The predicted molar refractivity (Wildman–Crippen MR) is 132 cm³/mol. The van der Waals surface area contributed by atoms with E-state index in [-0.39, 0.29) is 5.41 Å². The molecule has 0 aromatic heterocycles. The fraction of sp³-hybridized carbons (Fsp3) is 0.538. The van der Waals surface area contributed by atoms with E-state index >= 15 is 0 Å². The van der Waals surface area contributed by atoms with Crippen LogP contribution in [0.4, 0.5) is 0 Å². The molecule has 2 unspecified atom stereocenters.